The Hall–Kier alpha value is -0.530. The minimum absolute atomic E-state index is 0.183. The molecule has 6 rings (SSSR count). The molecular weight excluding hydrogens is 164 g/mol. The van der Waals surface area contributed by atoms with Crippen molar-refractivity contribution in [2.24, 2.45) is 46.8 Å². The van der Waals surface area contributed by atoms with E-state index < -0.39 is 5.97 Å². The molecule has 8 unspecified atom stereocenters. The smallest absolute Gasteiger partial charge is 0.310 e. The van der Waals surface area contributed by atoms with Gasteiger partial charge >= 0.3 is 5.97 Å². The van der Waals surface area contributed by atoms with E-state index in [1.54, 1.807) is 0 Å². The molecule has 0 saturated heterocycles. The summed E-state index contributed by atoms with van der Waals surface area (Å²) >= 11 is 0. The first-order chi connectivity index (χ1) is 6.27. The van der Waals surface area contributed by atoms with Gasteiger partial charge in [-0.2, -0.15) is 0 Å². The molecule has 6 fully saturated rings. The number of carbonyl (C=O) groups is 1. The molecule has 8 atom stereocenters. The summed E-state index contributed by atoms with van der Waals surface area (Å²) in [5.74, 6) is 5.26. The van der Waals surface area contributed by atoms with Gasteiger partial charge in [0.15, 0.2) is 0 Å². The van der Waals surface area contributed by atoms with Crippen LogP contribution in [0.2, 0.25) is 0 Å². The fraction of sp³-hybridized carbons (Fsp3) is 0.909. The lowest BCUT2D eigenvalue weighted by Gasteiger charge is -2.67. The van der Waals surface area contributed by atoms with Crippen LogP contribution in [0.3, 0.4) is 0 Å². The lowest BCUT2D eigenvalue weighted by Crippen LogP contribution is -2.68. The molecular formula is C11H12O2. The lowest BCUT2D eigenvalue weighted by molar-refractivity contribution is -0.234. The molecule has 0 radical (unpaired) electrons. The van der Waals surface area contributed by atoms with Gasteiger partial charge in [-0.3, -0.25) is 4.79 Å². The second-order valence-corrected chi connectivity index (χ2v) is 5.98. The SMILES string of the molecule is O=C(O)C12CC3C4CC5C3C1C5C42. The van der Waals surface area contributed by atoms with E-state index >= 15 is 0 Å². The molecule has 0 aromatic carbocycles. The highest BCUT2D eigenvalue weighted by atomic mass is 16.4. The van der Waals surface area contributed by atoms with Crippen molar-refractivity contribution < 1.29 is 9.90 Å². The van der Waals surface area contributed by atoms with Crippen LogP contribution in [0, 0.1) is 46.8 Å². The summed E-state index contributed by atoms with van der Waals surface area (Å²) in [4.78, 5) is 11.4. The molecule has 6 saturated carbocycles. The van der Waals surface area contributed by atoms with Crippen LogP contribution in [0.15, 0.2) is 0 Å². The molecule has 0 aromatic rings. The van der Waals surface area contributed by atoms with Crippen molar-refractivity contribution in [1.82, 2.24) is 0 Å². The highest BCUT2D eigenvalue weighted by Crippen LogP contribution is 2.92. The predicted molar refractivity (Wildman–Crippen MR) is 43.7 cm³/mol. The molecule has 6 aliphatic rings. The van der Waals surface area contributed by atoms with Crippen molar-refractivity contribution in [3.05, 3.63) is 0 Å². The van der Waals surface area contributed by atoms with Crippen molar-refractivity contribution in [3.63, 3.8) is 0 Å². The Morgan fingerprint density at radius 2 is 2.00 bits per heavy atom. The number of hydrogen-bond donors (Lipinski definition) is 1. The first-order valence-electron chi connectivity index (χ1n) is 5.50. The summed E-state index contributed by atoms with van der Waals surface area (Å²) in [5.41, 5.74) is -0.183. The Balaban J connectivity index is 1.81. The highest BCUT2D eigenvalue weighted by molar-refractivity contribution is 5.80. The van der Waals surface area contributed by atoms with Crippen LogP contribution in [0.4, 0.5) is 0 Å². The van der Waals surface area contributed by atoms with Crippen LogP contribution in [-0.2, 0) is 4.79 Å². The molecule has 6 aliphatic carbocycles. The average Bonchev–Trinajstić information content (AvgIpc) is 2.50. The molecule has 4 bridgehead atoms. The number of hydrogen-bond acceptors (Lipinski definition) is 1. The van der Waals surface area contributed by atoms with Gasteiger partial charge in [-0.05, 0) is 54.3 Å². The van der Waals surface area contributed by atoms with Crippen LogP contribution in [0.1, 0.15) is 12.8 Å². The Labute approximate surface area is 76.3 Å². The molecule has 0 aromatic heterocycles. The maximum Gasteiger partial charge on any atom is 0.310 e. The van der Waals surface area contributed by atoms with Crippen LogP contribution in [0.5, 0.6) is 0 Å². The zero-order valence-electron chi connectivity index (χ0n) is 7.31. The molecule has 0 aliphatic heterocycles. The average molecular weight is 176 g/mol. The maximum atomic E-state index is 11.4. The second-order valence-electron chi connectivity index (χ2n) is 5.98. The molecule has 0 amide bonds. The highest BCUT2D eigenvalue weighted by Gasteiger charge is 2.91. The third-order valence-electron chi connectivity index (χ3n) is 6.44. The van der Waals surface area contributed by atoms with Crippen molar-refractivity contribution in [2.75, 3.05) is 0 Å². The van der Waals surface area contributed by atoms with E-state index in [0.29, 0.717) is 11.8 Å². The summed E-state index contributed by atoms with van der Waals surface area (Å²) in [6.07, 6.45) is 2.45. The van der Waals surface area contributed by atoms with Gasteiger partial charge in [0, 0.05) is 0 Å². The predicted octanol–water partition coefficient (Wildman–Crippen LogP) is 1.22. The third-order valence-corrected chi connectivity index (χ3v) is 6.44. The van der Waals surface area contributed by atoms with Crippen molar-refractivity contribution in [2.45, 2.75) is 12.8 Å². The van der Waals surface area contributed by atoms with E-state index in [9.17, 15) is 9.90 Å². The van der Waals surface area contributed by atoms with Crippen LogP contribution in [0.25, 0.3) is 0 Å². The van der Waals surface area contributed by atoms with Gasteiger partial charge in [-0.15, -0.1) is 0 Å². The van der Waals surface area contributed by atoms with E-state index in [1.165, 1.54) is 6.42 Å². The molecule has 1 N–H and O–H groups in total. The fourth-order valence-corrected chi connectivity index (χ4v) is 6.60. The summed E-state index contributed by atoms with van der Waals surface area (Å²) < 4.78 is 0. The number of aliphatic carboxylic acids is 1. The summed E-state index contributed by atoms with van der Waals surface area (Å²) in [7, 11) is 0. The second kappa shape index (κ2) is 1.27. The molecule has 13 heavy (non-hydrogen) atoms. The summed E-state index contributed by atoms with van der Waals surface area (Å²) in [6, 6.07) is 0. The normalized spacial score (nSPS) is 78.3. The van der Waals surface area contributed by atoms with E-state index in [4.69, 9.17) is 0 Å². The first-order valence-corrected chi connectivity index (χ1v) is 5.50. The van der Waals surface area contributed by atoms with Gasteiger partial charge in [0.25, 0.3) is 0 Å². The molecule has 0 heterocycles. The van der Waals surface area contributed by atoms with Gasteiger partial charge < -0.3 is 5.11 Å². The van der Waals surface area contributed by atoms with Gasteiger partial charge in [0.2, 0.25) is 0 Å². The van der Waals surface area contributed by atoms with Gasteiger partial charge in [0.1, 0.15) is 0 Å². The lowest BCUT2D eigenvalue weighted by atomic mass is 9.35. The third kappa shape index (κ3) is 0.301. The van der Waals surface area contributed by atoms with Crippen molar-refractivity contribution >= 4 is 5.97 Å². The summed E-state index contributed by atoms with van der Waals surface area (Å²) in [5, 5.41) is 9.37. The minimum Gasteiger partial charge on any atom is -0.481 e. The Bertz CT molecular complexity index is 361. The number of carboxylic acid groups (broad SMARTS) is 1. The minimum atomic E-state index is -0.450. The van der Waals surface area contributed by atoms with E-state index in [2.05, 4.69) is 0 Å². The zero-order chi connectivity index (χ0) is 8.53. The van der Waals surface area contributed by atoms with E-state index in [-0.39, 0.29) is 5.41 Å². The summed E-state index contributed by atoms with van der Waals surface area (Å²) in [6.45, 7) is 0. The van der Waals surface area contributed by atoms with Crippen molar-refractivity contribution in [3.8, 4) is 0 Å². The molecule has 2 nitrogen and oxygen atoms in total. The number of rotatable bonds is 1. The Morgan fingerprint density at radius 1 is 1.15 bits per heavy atom. The standard InChI is InChI=1S/C11H12O2/c12-10(13)11-2-5-3-1-4-6(5)9(11)7(4)8(3)11/h3-9H,1-2H2,(H,12,13). The van der Waals surface area contributed by atoms with Crippen LogP contribution >= 0.6 is 0 Å². The Morgan fingerprint density at radius 3 is 2.62 bits per heavy atom. The molecule has 2 heteroatoms. The van der Waals surface area contributed by atoms with E-state index in [1.807, 2.05) is 0 Å². The largest absolute Gasteiger partial charge is 0.481 e. The monoisotopic (exact) mass is 176 g/mol. The molecule has 68 valence electrons. The van der Waals surface area contributed by atoms with Crippen LogP contribution in [-0.4, -0.2) is 11.1 Å². The van der Waals surface area contributed by atoms with Crippen molar-refractivity contribution in [1.29, 1.82) is 0 Å². The van der Waals surface area contributed by atoms with Gasteiger partial charge in [-0.1, -0.05) is 0 Å². The fourth-order valence-electron chi connectivity index (χ4n) is 6.60. The van der Waals surface area contributed by atoms with Gasteiger partial charge in [-0.25, -0.2) is 0 Å². The quantitative estimate of drug-likeness (QED) is 0.652. The van der Waals surface area contributed by atoms with E-state index in [0.717, 1.165) is 36.0 Å². The number of carboxylic acids is 1. The Kier molecular flexibility index (Phi) is 0.591. The molecule has 0 spiro atoms. The first kappa shape index (κ1) is 6.05. The van der Waals surface area contributed by atoms with Crippen LogP contribution < -0.4 is 0 Å². The van der Waals surface area contributed by atoms with Gasteiger partial charge in [0.05, 0.1) is 5.41 Å². The topological polar surface area (TPSA) is 37.3 Å². The zero-order valence-corrected chi connectivity index (χ0v) is 7.31. The maximum absolute atomic E-state index is 11.4.